The number of halogens is 1. The highest BCUT2D eigenvalue weighted by Gasteiger charge is 2.37. The van der Waals surface area contributed by atoms with Crippen LogP contribution < -0.4 is 10.1 Å². The Morgan fingerprint density at radius 2 is 1.87 bits per heavy atom. The van der Waals surface area contributed by atoms with Crippen molar-refractivity contribution in [2.45, 2.75) is 25.2 Å². The summed E-state index contributed by atoms with van der Waals surface area (Å²) in [5.74, 6) is 1.02. The summed E-state index contributed by atoms with van der Waals surface area (Å²) in [6.45, 7) is 3.44. The van der Waals surface area contributed by atoms with Gasteiger partial charge in [0.2, 0.25) is 0 Å². The van der Waals surface area contributed by atoms with Gasteiger partial charge < -0.3 is 19.3 Å². The van der Waals surface area contributed by atoms with Gasteiger partial charge in [0.25, 0.3) is 5.91 Å². The standard InChI is InChI=1S/C24H25ClN2O4/c1-16-21(22(27-31-16)17-7-3-5-9-19(17)25)23(28)26-15-24(11-13-30-14-12-24)18-8-4-6-10-20(18)29-2/h3-10H,11-15H2,1-2H3,(H,26,28). The minimum Gasteiger partial charge on any atom is -0.496 e. The predicted molar refractivity (Wildman–Crippen MR) is 119 cm³/mol. The van der Waals surface area contributed by atoms with Crippen molar-refractivity contribution >= 4 is 17.5 Å². The normalized spacial score (nSPS) is 15.5. The minimum absolute atomic E-state index is 0.241. The first kappa shape index (κ1) is 21.4. The van der Waals surface area contributed by atoms with E-state index in [1.165, 1.54) is 0 Å². The first-order valence-corrected chi connectivity index (χ1v) is 10.6. The zero-order valence-corrected chi connectivity index (χ0v) is 18.4. The average Bonchev–Trinajstić information content (AvgIpc) is 3.19. The highest BCUT2D eigenvalue weighted by atomic mass is 35.5. The number of ether oxygens (including phenoxy) is 2. The molecule has 0 saturated carbocycles. The fraction of sp³-hybridized carbons (Fsp3) is 0.333. The molecule has 0 aliphatic carbocycles. The van der Waals surface area contributed by atoms with Crippen LogP contribution in [-0.2, 0) is 10.2 Å². The molecule has 2 heterocycles. The third kappa shape index (κ3) is 4.18. The monoisotopic (exact) mass is 440 g/mol. The topological polar surface area (TPSA) is 73.6 Å². The van der Waals surface area contributed by atoms with E-state index in [1.54, 1.807) is 20.1 Å². The van der Waals surface area contributed by atoms with Crippen LogP contribution in [0.5, 0.6) is 5.75 Å². The van der Waals surface area contributed by atoms with Crippen molar-refractivity contribution < 1.29 is 18.8 Å². The van der Waals surface area contributed by atoms with Crippen molar-refractivity contribution in [1.29, 1.82) is 0 Å². The van der Waals surface area contributed by atoms with Crippen LogP contribution in [0.15, 0.2) is 53.1 Å². The zero-order chi connectivity index (χ0) is 21.8. The number of nitrogens with zero attached hydrogens (tertiary/aromatic N) is 1. The van der Waals surface area contributed by atoms with Gasteiger partial charge in [-0.05, 0) is 31.9 Å². The van der Waals surface area contributed by atoms with Gasteiger partial charge in [0, 0.05) is 36.3 Å². The molecule has 4 rings (SSSR count). The van der Waals surface area contributed by atoms with E-state index in [2.05, 4.69) is 16.5 Å². The fourth-order valence-corrected chi connectivity index (χ4v) is 4.43. The van der Waals surface area contributed by atoms with Gasteiger partial charge in [0.1, 0.15) is 22.8 Å². The smallest absolute Gasteiger partial charge is 0.257 e. The van der Waals surface area contributed by atoms with Crippen LogP contribution >= 0.6 is 11.6 Å². The van der Waals surface area contributed by atoms with Crippen molar-refractivity contribution in [2.24, 2.45) is 0 Å². The second-order valence-electron chi connectivity index (χ2n) is 7.72. The summed E-state index contributed by atoms with van der Waals surface area (Å²) in [4.78, 5) is 13.3. The molecule has 162 valence electrons. The molecular weight excluding hydrogens is 416 g/mol. The first-order valence-electron chi connectivity index (χ1n) is 10.3. The van der Waals surface area contributed by atoms with Gasteiger partial charge in [-0.15, -0.1) is 0 Å². The summed E-state index contributed by atoms with van der Waals surface area (Å²) < 4.78 is 16.6. The fourth-order valence-electron chi connectivity index (χ4n) is 4.20. The van der Waals surface area contributed by atoms with E-state index in [9.17, 15) is 4.79 Å². The number of methoxy groups -OCH3 is 1. The lowest BCUT2D eigenvalue weighted by molar-refractivity contribution is 0.0479. The van der Waals surface area contributed by atoms with Crippen molar-refractivity contribution in [3.05, 3.63) is 70.4 Å². The number of carbonyl (C=O) groups excluding carboxylic acids is 1. The number of hydrogen-bond acceptors (Lipinski definition) is 5. The van der Waals surface area contributed by atoms with E-state index in [1.807, 2.05) is 36.4 Å². The molecule has 1 aliphatic rings. The van der Waals surface area contributed by atoms with E-state index in [0.29, 0.717) is 47.4 Å². The van der Waals surface area contributed by atoms with Gasteiger partial charge in [-0.1, -0.05) is 53.2 Å². The van der Waals surface area contributed by atoms with Gasteiger partial charge in [0.15, 0.2) is 0 Å². The molecule has 1 fully saturated rings. The Balaban J connectivity index is 1.63. The number of benzene rings is 2. The number of rotatable bonds is 6. The molecule has 1 aromatic heterocycles. The van der Waals surface area contributed by atoms with Gasteiger partial charge in [0.05, 0.1) is 12.1 Å². The lowest BCUT2D eigenvalue weighted by Gasteiger charge is -2.38. The molecule has 1 aliphatic heterocycles. The Hall–Kier alpha value is -2.83. The quantitative estimate of drug-likeness (QED) is 0.596. The number of amides is 1. The molecule has 31 heavy (non-hydrogen) atoms. The minimum atomic E-state index is -0.282. The molecule has 0 bridgehead atoms. The Morgan fingerprint density at radius 3 is 2.61 bits per heavy atom. The number of para-hydroxylation sites is 1. The molecule has 2 aromatic carbocycles. The largest absolute Gasteiger partial charge is 0.496 e. The van der Waals surface area contributed by atoms with Crippen LogP contribution in [0.2, 0.25) is 5.02 Å². The van der Waals surface area contributed by atoms with Gasteiger partial charge in [-0.3, -0.25) is 4.79 Å². The number of aromatic nitrogens is 1. The summed E-state index contributed by atoms with van der Waals surface area (Å²) in [5, 5.41) is 7.74. The summed E-state index contributed by atoms with van der Waals surface area (Å²) in [6.07, 6.45) is 1.57. The highest BCUT2D eigenvalue weighted by molar-refractivity contribution is 6.33. The Labute approximate surface area is 186 Å². The average molecular weight is 441 g/mol. The molecule has 1 saturated heterocycles. The van der Waals surface area contributed by atoms with Crippen LogP contribution in [0.4, 0.5) is 0 Å². The second-order valence-corrected chi connectivity index (χ2v) is 8.13. The molecule has 6 nitrogen and oxygen atoms in total. The van der Waals surface area contributed by atoms with Crippen molar-refractivity contribution in [1.82, 2.24) is 10.5 Å². The van der Waals surface area contributed by atoms with E-state index >= 15 is 0 Å². The zero-order valence-electron chi connectivity index (χ0n) is 17.6. The van der Waals surface area contributed by atoms with E-state index in [0.717, 1.165) is 24.2 Å². The lowest BCUT2D eigenvalue weighted by Crippen LogP contribution is -2.45. The van der Waals surface area contributed by atoms with Crippen LogP contribution in [-0.4, -0.2) is 37.9 Å². The Bertz CT molecular complexity index is 1070. The maximum absolute atomic E-state index is 13.3. The van der Waals surface area contributed by atoms with Crippen LogP contribution in [0, 0.1) is 6.92 Å². The molecule has 0 unspecified atom stereocenters. The van der Waals surface area contributed by atoms with Gasteiger partial charge in [-0.25, -0.2) is 0 Å². The van der Waals surface area contributed by atoms with Crippen molar-refractivity contribution in [2.75, 3.05) is 26.9 Å². The molecule has 0 spiro atoms. The molecule has 0 radical (unpaired) electrons. The maximum atomic E-state index is 13.3. The lowest BCUT2D eigenvalue weighted by atomic mass is 9.73. The van der Waals surface area contributed by atoms with Crippen molar-refractivity contribution in [3.8, 4) is 17.0 Å². The third-order valence-corrected chi connectivity index (χ3v) is 6.26. The summed E-state index contributed by atoms with van der Waals surface area (Å²) in [6, 6.07) is 15.2. The summed E-state index contributed by atoms with van der Waals surface area (Å²) >= 11 is 6.34. The SMILES string of the molecule is COc1ccccc1C1(CNC(=O)c2c(-c3ccccc3Cl)noc2C)CCOCC1. The number of carbonyl (C=O) groups is 1. The Morgan fingerprint density at radius 1 is 1.16 bits per heavy atom. The Kier molecular flexibility index (Phi) is 6.30. The molecule has 1 N–H and O–H groups in total. The van der Waals surface area contributed by atoms with Crippen LogP contribution in [0.25, 0.3) is 11.3 Å². The van der Waals surface area contributed by atoms with Crippen LogP contribution in [0.3, 0.4) is 0 Å². The summed E-state index contributed by atoms with van der Waals surface area (Å²) in [5.41, 5.74) is 2.30. The molecule has 3 aromatic rings. The number of aryl methyl sites for hydroxylation is 1. The van der Waals surface area contributed by atoms with Crippen molar-refractivity contribution in [3.63, 3.8) is 0 Å². The van der Waals surface area contributed by atoms with Gasteiger partial charge >= 0.3 is 0 Å². The maximum Gasteiger partial charge on any atom is 0.257 e. The first-order chi connectivity index (χ1) is 15.1. The molecule has 7 heteroatoms. The number of hydrogen-bond donors (Lipinski definition) is 1. The second kappa shape index (κ2) is 9.12. The molecular formula is C24H25ClN2O4. The van der Waals surface area contributed by atoms with Gasteiger partial charge in [-0.2, -0.15) is 0 Å². The molecule has 1 amide bonds. The van der Waals surface area contributed by atoms with E-state index in [4.69, 9.17) is 25.6 Å². The predicted octanol–water partition coefficient (Wildman–Crippen LogP) is 4.79. The third-order valence-electron chi connectivity index (χ3n) is 5.93. The molecule has 0 atom stereocenters. The van der Waals surface area contributed by atoms with E-state index < -0.39 is 0 Å². The highest BCUT2D eigenvalue weighted by Crippen LogP contribution is 2.39. The van der Waals surface area contributed by atoms with E-state index in [-0.39, 0.29) is 11.3 Å². The summed E-state index contributed by atoms with van der Waals surface area (Å²) in [7, 11) is 1.67. The van der Waals surface area contributed by atoms with Crippen LogP contribution in [0.1, 0.15) is 34.5 Å². The number of nitrogens with one attached hydrogen (secondary N) is 1.